The van der Waals surface area contributed by atoms with Gasteiger partial charge < -0.3 is 10.2 Å². The van der Waals surface area contributed by atoms with Gasteiger partial charge in [0.15, 0.2) is 5.78 Å². The van der Waals surface area contributed by atoms with E-state index in [1.807, 2.05) is 11.9 Å². The summed E-state index contributed by atoms with van der Waals surface area (Å²) in [5, 5.41) is 3.91. The molecule has 1 N–H and O–H groups in total. The number of benzene rings is 1. The number of nitrogens with zero attached hydrogens (tertiary/aromatic N) is 1. The molecule has 23 heavy (non-hydrogen) atoms. The van der Waals surface area contributed by atoms with E-state index < -0.39 is 0 Å². The van der Waals surface area contributed by atoms with Gasteiger partial charge in [-0.25, -0.2) is 0 Å². The largest absolute Gasteiger partial charge is 0.342 e. The van der Waals surface area contributed by atoms with Crippen LogP contribution in [0.2, 0.25) is 5.02 Å². The number of hydrogen-bond acceptors (Lipinski definition) is 4. The van der Waals surface area contributed by atoms with E-state index >= 15 is 0 Å². The van der Waals surface area contributed by atoms with Crippen LogP contribution in [0.5, 0.6) is 0 Å². The summed E-state index contributed by atoms with van der Waals surface area (Å²) >= 11 is 7.17. The van der Waals surface area contributed by atoms with Crippen molar-refractivity contribution >= 4 is 47.5 Å². The van der Waals surface area contributed by atoms with Gasteiger partial charge in [-0.3, -0.25) is 9.59 Å². The van der Waals surface area contributed by atoms with E-state index in [0.29, 0.717) is 28.1 Å². The number of hydrogen-bond donors (Lipinski definition) is 1. The molecule has 1 heterocycles. The first-order valence-corrected chi connectivity index (χ1v) is 8.94. The summed E-state index contributed by atoms with van der Waals surface area (Å²) in [5.74, 6) is 0.785. The standard InChI is InChI=1S/C16H21ClN2O2S.ClH/c1-19(14-6-8-18-9-7-14)16(21)11-22-10-15(20)12-2-4-13(17)5-3-12;/h2-5,14,18H,6-11H2,1H3;1H. The Morgan fingerprint density at radius 1 is 1.22 bits per heavy atom. The summed E-state index contributed by atoms with van der Waals surface area (Å²) in [6.45, 7) is 1.93. The van der Waals surface area contributed by atoms with Gasteiger partial charge in [-0.15, -0.1) is 24.2 Å². The Labute approximate surface area is 152 Å². The Balaban J connectivity index is 0.00000264. The number of carbonyl (C=O) groups excluding carboxylic acids is 2. The molecule has 4 nitrogen and oxygen atoms in total. The molecule has 1 aliphatic rings. The topological polar surface area (TPSA) is 49.4 Å². The van der Waals surface area contributed by atoms with Gasteiger partial charge in [0.25, 0.3) is 0 Å². The Kier molecular flexibility index (Phi) is 8.99. The third-order valence-corrected chi connectivity index (χ3v) is 5.04. The maximum Gasteiger partial charge on any atom is 0.232 e. The van der Waals surface area contributed by atoms with Crippen molar-refractivity contribution in [3.63, 3.8) is 0 Å². The first-order valence-electron chi connectivity index (χ1n) is 7.41. The third kappa shape index (κ3) is 6.34. The number of thioether (sulfide) groups is 1. The Morgan fingerprint density at radius 3 is 2.43 bits per heavy atom. The van der Waals surface area contributed by atoms with Crippen molar-refractivity contribution < 1.29 is 9.59 Å². The van der Waals surface area contributed by atoms with E-state index in [0.717, 1.165) is 25.9 Å². The SMILES string of the molecule is CN(C(=O)CSCC(=O)c1ccc(Cl)cc1)C1CCNCC1.Cl. The van der Waals surface area contributed by atoms with Crippen LogP contribution in [-0.2, 0) is 4.79 Å². The van der Waals surface area contributed by atoms with Crippen molar-refractivity contribution in [2.45, 2.75) is 18.9 Å². The van der Waals surface area contributed by atoms with Gasteiger partial charge in [-0.2, -0.15) is 0 Å². The summed E-state index contributed by atoms with van der Waals surface area (Å²) < 4.78 is 0. The van der Waals surface area contributed by atoms with Gasteiger partial charge in [0.1, 0.15) is 0 Å². The van der Waals surface area contributed by atoms with Gasteiger partial charge in [-0.05, 0) is 50.2 Å². The lowest BCUT2D eigenvalue weighted by atomic mass is 10.1. The first-order chi connectivity index (χ1) is 10.6. The molecular weight excluding hydrogens is 355 g/mol. The molecule has 0 bridgehead atoms. The second kappa shape index (κ2) is 10.2. The molecule has 1 aromatic carbocycles. The first kappa shape index (κ1) is 20.3. The van der Waals surface area contributed by atoms with Crippen molar-refractivity contribution in [3.05, 3.63) is 34.9 Å². The molecule has 128 valence electrons. The maximum atomic E-state index is 12.2. The number of Topliss-reactive ketones (excluding diaryl/α,β-unsaturated/α-hetero) is 1. The fourth-order valence-electron chi connectivity index (χ4n) is 2.45. The van der Waals surface area contributed by atoms with E-state index in [4.69, 9.17) is 11.6 Å². The van der Waals surface area contributed by atoms with E-state index in [1.165, 1.54) is 11.8 Å². The molecule has 1 fully saturated rings. The minimum Gasteiger partial charge on any atom is -0.342 e. The Bertz CT molecular complexity index is 519. The fraction of sp³-hybridized carbons (Fsp3) is 0.500. The van der Waals surface area contributed by atoms with Crippen LogP contribution in [0.25, 0.3) is 0 Å². The molecule has 0 aromatic heterocycles. The van der Waals surface area contributed by atoms with E-state index in [1.54, 1.807) is 24.3 Å². The molecule has 1 aliphatic heterocycles. The summed E-state index contributed by atoms with van der Waals surface area (Å²) in [6.07, 6.45) is 1.99. The average Bonchev–Trinajstić information content (AvgIpc) is 2.55. The van der Waals surface area contributed by atoms with Crippen LogP contribution in [0.4, 0.5) is 0 Å². The molecule has 0 atom stereocenters. The lowest BCUT2D eigenvalue weighted by molar-refractivity contribution is -0.129. The molecule has 0 aliphatic carbocycles. The van der Waals surface area contributed by atoms with Crippen molar-refractivity contribution in [3.8, 4) is 0 Å². The van der Waals surface area contributed by atoms with Crippen LogP contribution in [0, 0.1) is 0 Å². The number of carbonyl (C=O) groups is 2. The summed E-state index contributed by atoms with van der Waals surface area (Å²) in [4.78, 5) is 26.0. The van der Waals surface area contributed by atoms with Gasteiger partial charge >= 0.3 is 0 Å². The monoisotopic (exact) mass is 376 g/mol. The van der Waals surface area contributed by atoms with Gasteiger partial charge in [0.2, 0.25) is 5.91 Å². The molecule has 0 saturated carbocycles. The highest BCUT2D eigenvalue weighted by Gasteiger charge is 2.21. The highest BCUT2D eigenvalue weighted by Crippen LogP contribution is 2.14. The fourth-order valence-corrected chi connectivity index (χ4v) is 3.41. The smallest absolute Gasteiger partial charge is 0.232 e. The van der Waals surface area contributed by atoms with E-state index in [9.17, 15) is 9.59 Å². The van der Waals surface area contributed by atoms with Crippen LogP contribution in [0.15, 0.2) is 24.3 Å². The van der Waals surface area contributed by atoms with Crippen molar-refractivity contribution in [2.24, 2.45) is 0 Å². The molecule has 1 aromatic rings. The lowest BCUT2D eigenvalue weighted by Gasteiger charge is -2.31. The zero-order chi connectivity index (χ0) is 15.9. The minimum absolute atomic E-state index is 0. The zero-order valence-electron chi connectivity index (χ0n) is 13.1. The van der Waals surface area contributed by atoms with Crippen LogP contribution in [0.1, 0.15) is 23.2 Å². The normalized spacial score (nSPS) is 14.9. The predicted octanol–water partition coefficient (Wildman–Crippen LogP) is 2.89. The van der Waals surface area contributed by atoms with Gasteiger partial charge in [0.05, 0.1) is 11.5 Å². The van der Waals surface area contributed by atoms with E-state index in [2.05, 4.69) is 5.32 Å². The van der Waals surface area contributed by atoms with Crippen LogP contribution in [0.3, 0.4) is 0 Å². The number of halogens is 2. The van der Waals surface area contributed by atoms with E-state index in [-0.39, 0.29) is 24.1 Å². The van der Waals surface area contributed by atoms with Gasteiger partial charge in [0, 0.05) is 23.7 Å². The molecule has 0 unspecified atom stereocenters. The van der Waals surface area contributed by atoms with Crippen molar-refractivity contribution in [1.29, 1.82) is 0 Å². The zero-order valence-corrected chi connectivity index (χ0v) is 15.5. The van der Waals surface area contributed by atoms with Crippen LogP contribution in [-0.4, -0.2) is 54.3 Å². The second-order valence-corrected chi connectivity index (χ2v) is 6.83. The maximum absolute atomic E-state index is 12.2. The number of piperidine rings is 1. The average molecular weight is 377 g/mol. The molecule has 2 rings (SSSR count). The molecular formula is C16H22Cl2N2O2S. The lowest BCUT2D eigenvalue weighted by Crippen LogP contribution is -2.44. The highest BCUT2D eigenvalue weighted by atomic mass is 35.5. The molecule has 0 radical (unpaired) electrons. The predicted molar refractivity (Wildman–Crippen MR) is 99.0 cm³/mol. The quantitative estimate of drug-likeness (QED) is 0.775. The molecule has 7 heteroatoms. The number of rotatable bonds is 6. The Morgan fingerprint density at radius 2 is 1.83 bits per heavy atom. The molecule has 0 spiro atoms. The van der Waals surface area contributed by atoms with Crippen LogP contribution >= 0.6 is 35.8 Å². The van der Waals surface area contributed by atoms with Crippen LogP contribution < -0.4 is 5.32 Å². The molecule has 1 amide bonds. The number of amides is 1. The third-order valence-electron chi connectivity index (χ3n) is 3.87. The highest BCUT2D eigenvalue weighted by molar-refractivity contribution is 8.00. The summed E-state index contributed by atoms with van der Waals surface area (Å²) in [6, 6.07) is 7.16. The number of ketones is 1. The minimum atomic E-state index is 0. The van der Waals surface area contributed by atoms with Crippen molar-refractivity contribution in [2.75, 3.05) is 31.6 Å². The Hall–Kier alpha value is -0.750. The summed E-state index contributed by atoms with van der Waals surface area (Å²) in [5.41, 5.74) is 0.635. The molecule has 1 saturated heterocycles. The second-order valence-electron chi connectivity index (χ2n) is 5.41. The summed E-state index contributed by atoms with van der Waals surface area (Å²) in [7, 11) is 1.86. The van der Waals surface area contributed by atoms with Crippen molar-refractivity contribution in [1.82, 2.24) is 10.2 Å². The van der Waals surface area contributed by atoms with Gasteiger partial charge in [-0.1, -0.05) is 11.6 Å². The number of nitrogens with one attached hydrogen (secondary N) is 1.